The number of H-pyrrole nitrogens is 1. The Kier molecular flexibility index (Phi) is 1.98. The van der Waals surface area contributed by atoms with Crippen LogP contribution < -0.4 is 11.0 Å². The Morgan fingerprint density at radius 1 is 1.47 bits per heavy atom. The maximum absolute atomic E-state index is 11.3. The zero-order valence-corrected chi connectivity index (χ0v) is 8.38. The molecule has 0 unspecified atom stereocenters. The third-order valence-corrected chi connectivity index (χ3v) is 2.78. The van der Waals surface area contributed by atoms with Gasteiger partial charge in [0.1, 0.15) is 5.82 Å². The van der Waals surface area contributed by atoms with E-state index in [4.69, 9.17) is 4.74 Å². The Labute approximate surface area is 86.9 Å². The lowest BCUT2D eigenvalue weighted by molar-refractivity contribution is 0.109. The fourth-order valence-electron chi connectivity index (χ4n) is 1.80. The van der Waals surface area contributed by atoms with Gasteiger partial charge in [0.2, 0.25) is 0 Å². The van der Waals surface area contributed by atoms with E-state index < -0.39 is 0 Å². The van der Waals surface area contributed by atoms with E-state index in [1.807, 2.05) is 0 Å². The van der Waals surface area contributed by atoms with Crippen LogP contribution in [-0.4, -0.2) is 22.6 Å². The molecule has 1 aromatic heterocycles. The second-order valence-corrected chi connectivity index (χ2v) is 4.07. The van der Waals surface area contributed by atoms with E-state index in [0.29, 0.717) is 19.3 Å². The third kappa shape index (κ3) is 1.74. The number of aromatic amines is 1. The summed E-state index contributed by atoms with van der Waals surface area (Å²) in [6.45, 7) is 1.23. The van der Waals surface area contributed by atoms with E-state index in [-0.39, 0.29) is 5.69 Å². The summed E-state index contributed by atoms with van der Waals surface area (Å²) in [6.07, 6.45) is 3.11. The maximum Gasteiger partial charge on any atom is 0.347 e. The van der Waals surface area contributed by atoms with Gasteiger partial charge in [0.25, 0.3) is 0 Å². The van der Waals surface area contributed by atoms with Gasteiger partial charge in [-0.25, -0.2) is 4.79 Å². The van der Waals surface area contributed by atoms with Crippen molar-refractivity contribution in [3.63, 3.8) is 0 Å². The van der Waals surface area contributed by atoms with Gasteiger partial charge in [0.05, 0.1) is 13.2 Å². The van der Waals surface area contributed by atoms with Crippen LogP contribution in [0.5, 0.6) is 0 Å². The van der Waals surface area contributed by atoms with Crippen LogP contribution in [-0.2, 0) is 17.8 Å². The number of anilines is 1. The van der Waals surface area contributed by atoms with Crippen LogP contribution in [0.1, 0.15) is 24.1 Å². The molecule has 0 atom stereocenters. The number of nitrogens with one attached hydrogen (secondary N) is 2. The topological polar surface area (TPSA) is 67.0 Å². The van der Waals surface area contributed by atoms with Gasteiger partial charge in [-0.1, -0.05) is 0 Å². The molecule has 1 fully saturated rings. The van der Waals surface area contributed by atoms with Crippen LogP contribution in [0.2, 0.25) is 0 Å². The van der Waals surface area contributed by atoms with Crippen molar-refractivity contribution in [2.75, 3.05) is 11.9 Å². The van der Waals surface area contributed by atoms with E-state index in [9.17, 15) is 4.79 Å². The summed E-state index contributed by atoms with van der Waals surface area (Å²) < 4.78 is 5.38. The summed E-state index contributed by atoms with van der Waals surface area (Å²) in [5.74, 6) is 0.718. The van der Waals surface area contributed by atoms with Gasteiger partial charge in [-0.2, -0.15) is 4.98 Å². The fourth-order valence-corrected chi connectivity index (χ4v) is 1.80. The smallest absolute Gasteiger partial charge is 0.347 e. The SMILES string of the molecule is O=c1nc(NC2CC2)c2c([nH]1)CCOC2. The molecule has 80 valence electrons. The normalized spacial score (nSPS) is 19.7. The molecule has 0 radical (unpaired) electrons. The number of hydrogen-bond acceptors (Lipinski definition) is 4. The molecule has 2 N–H and O–H groups in total. The van der Waals surface area contributed by atoms with Crippen LogP contribution in [0, 0.1) is 0 Å². The molecule has 0 spiro atoms. The number of fused-ring (bicyclic) bond motifs is 1. The van der Waals surface area contributed by atoms with Crippen molar-refractivity contribution >= 4 is 5.82 Å². The van der Waals surface area contributed by atoms with Crippen LogP contribution in [0.15, 0.2) is 4.79 Å². The van der Waals surface area contributed by atoms with Gasteiger partial charge in [-0.15, -0.1) is 0 Å². The molecule has 3 rings (SSSR count). The van der Waals surface area contributed by atoms with Crippen molar-refractivity contribution < 1.29 is 4.74 Å². The van der Waals surface area contributed by atoms with Crippen molar-refractivity contribution in [1.82, 2.24) is 9.97 Å². The first-order chi connectivity index (χ1) is 7.33. The molecule has 1 aliphatic carbocycles. The molecule has 5 nitrogen and oxygen atoms in total. The monoisotopic (exact) mass is 207 g/mol. The first-order valence-corrected chi connectivity index (χ1v) is 5.29. The molecule has 5 heteroatoms. The summed E-state index contributed by atoms with van der Waals surface area (Å²) in [5, 5.41) is 3.27. The number of rotatable bonds is 2. The largest absolute Gasteiger partial charge is 0.376 e. The molecule has 1 saturated carbocycles. The summed E-state index contributed by atoms with van der Waals surface area (Å²) in [5.41, 5.74) is 1.73. The first kappa shape index (κ1) is 8.91. The molecule has 1 aliphatic heterocycles. The molecule has 15 heavy (non-hydrogen) atoms. The van der Waals surface area contributed by atoms with E-state index in [2.05, 4.69) is 15.3 Å². The van der Waals surface area contributed by atoms with Gasteiger partial charge in [-0.3, -0.25) is 0 Å². The number of nitrogens with zero attached hydrogens (tertiary/aromatic N) is 1. The molecule has 2 aliphatic rings. The molecule has 1 aromatic rings. The van der Waals surface area contributed by atoms with Gasteiger partial charge in [-0.05, 0) is 12.8 Å². The average Bonchev–Trinajstić information content (AvgIpc) is 3.01. The van der Waals surface area contributed by atoms with E-state index in [1.54, 1.807) is 0 Å². The Hall–Kier alpha value is -1.36. The minimum absolute atomic E-state index is 0.265. The maximum atomic E-state index is 11.3. The van der Waals surface area contributed by atoms with Gasteiger partial charge < -0.3 is 15.0 Å². The van der Waals surface area contributed by atoms with Crippen molar-refractivity contribution in [3.05, 3.63) is 21.7 Å². The van der Waals surface area contributed by atoms with Crippen molar-refractivity contribution in [2.24, 2.45) is 0 Å². The summed E-state index contributed by atoms with van der Waals surface area (Å²) >= 11 is 0. The van der Waals surface area contributed by atoms with Gasteiger partial charge >= 0.3 is 5.69 Å². The Morgan fingerprint density at radius 3 is 3.13 bits per heavy atom. The lowest BCUT2D eigenvalue weighted by Crippen LogP contribution is -2.24. The second-order valence-electron chi connectivity index (χ2n) is 4.07. The predicted molar refractivity (Wildman–Crippen MR) is 54.9 cm³/mol. The molecule has 0 saturated heterocycles. The number of aromatic nitrogens is 2. The highest BCUT2D eigenvalue weighted by atomic mass is 16.5. The lowest BCUT2D eigenvalue weighted by Gasteiger charge is -2.18. The zero-order valence-electron chi connectivity index (χ0n) is 8.38. The molecular weight excluding hydrogens is 194 g/mol. The molecule has 2 heterocycles. The average molecular weight is 207 g/mol. The fraction of sp³-hybridized carbons (Fsp3) is 0.600. The second kappa shape index (κ2) is 3.34. The van der Waals surface area contributed by atoms with E-state index in [0.717, 1.165) is 23.5 Å². The molecule has 0 amide bonds. The van der Waals surface area contributed by atoms with Crippen molar-refractivity contribution in [2.45, 2.75) is 31.9 Å². The van der Waals surface area contributed by atoms with Crippen molar-refractivity contribution in [3.8, 4) is 0 Å². The number of hydrogen-bond donors (Lipinski definition) is 2. The number of ether oxygens (including phenoxy) is 1. The minimum Gasteiger partial charge on any atom is -0.376 e. The Balaban J connectivity index is 2.01. The quantitative estimate of drug-likeness (QED) is 0.737. The molecule has 0 bridgehead atoms. The zero-order chi connectivity index (χ0) is 10.3. The van der Waals surface area contributed by atoms with Crippen LogP contribution in [0.25, 0.3) is 0 Å². The van der Waals surface area contributed by atoms with Crippen LogP contribution in [0.3, 0.4) is 0 Å². The van der Waals surface area contributed by atoms with Gasteiger partial charge in [0, 0.05) is 23.7 Å². The highest BCUT2D eigenvalue weighted by Crippen LogP contribution is 2.27. The summed E-state index contributed by atoms with van der Waals surface area (Å²) in [7, 11) is 0. The predicted octanol–water partition coefficient (Wildman–Crippen LogP) is 0.417. The minimum atomic E-state index is -0.265. The van der Waals surface area contributed by atoms with Gasteiger partial charge in [0.15, 0.2) is 0 Å². The first-order valence-electron chi connectivity index (χ1n) is 5.29. The Morgan fingerprint density at radius 2 is 2.33 bits per heavy atom. The standard InChI is InChI=1S/C10H13N3O2/c14-10-12-8-3-4-15-5-7(8)9(13-10)11-6-1-2-6/h6H,1-5H2,(H2,11,12,13,14). The highest BCUT2D eigenvalue weighted by Gasteiger charge is 2.24. The molecule has 0 aromatic carbocycles. The lowest BCUT2D eigenvalue weighted by atomic mass is 10.1. The third-order valence-electron chi connectivity index (χ3n) is 2.78. The van der Waals surface area contributed by atoms with Crippen LogP contribution in [0.4, 0.5) is 5.82 Å². The Bertz CT molecular complexity index is 437. The van der Waals surface area contributed by atoms with E-state index in [1.165, 1.54) is 12.8 Å². The molecular formula is C10H13N3O2. The van der Waals surface area contributed by atoms with Crippen molar-refractivity contribution in [1.29, 1.82) is 0 Å². The van der Waals surface area contributed by atoms with Crippen LogP contribution >= 0.6 is 0 Å². The summed E-state index contributed by atoms with van der Waals surface area (Å²) in [4.78, 5) is 18.1. The van der Waals surface area contributed by atoms with E-state index >= 15 is 0 Å². The summed E-state index contributed by atoms with van der Waals surface area (Å²) in [6, 6.07) is 0.505. The highest BCUT2D eigenvalue weighted by molar-refractivity contribution is 5.47.